The minimum Gasteiger partial charge on any atom is -0.348 e. The summed E-state index contributed by atoms with van der Waals surface area (Å²) in [5.74, 6) is -0.153. The molecule has 0 saturated heterocycles. The molecule has 1 aliphatic heterocycles. The second kappa shape index (κ2) is 7.97. The van der Waals surface area contributed by atoms with Crippen molar-refractivity contribution >= 4 is 39.1 Å². The molecule has 0 radical (unpaired) electrons. The summed E-state index contributed by atoms with van der Waals surface area (Å²) >= 11 is 5.30. The van der Waals surface area contributed by atoms with Gasteiger partial charge in [0, 0.05) is 30.1 Å². The van der Waals surface area contributed by atoms with Gasteiger partial charge >= 0.3 is 0 Å². The maximum atomic E-state index is 12.8. The highest BCUT2D eigenvalue weighted by atomic mass is 79.9. The van der Waals surface area contributed by atoms with E-state index in [0.29, 0.717) is 18.7 Å². The van der Waals surface area contributed by atoms with Gasteiger partial charge in [-0.3, -0.25) is 9.59 Å². The third-order valence-electron chi connectivity index (χ3n) is 4.20. The van der Waals surface area contributed by atoms with Crippen molar-refractivity contribution in [2.75, 3.05) is 6.54 Å². The van der Waals surface area contributed by atoms with E-state index in [9.17, 15) is 9.59 Å². The van der Waals surface area contributed by atoms with Crippen LogP contribution in [0.2, 0.25) is 0 Å². The highest BCUT2D eigenvalue weighted by Gasteiger charge is 2.21. The molecule has 1 aromatic carbocycles. The lowest BCUT2D eigenvalue weighted by atomic mass is 10.1. The Morgan fingerprint density at radius 3 is 2.80 bits per heavy atom. The zero-order valence-corrected chi connectivity index (χ0v) is 16.2. The van der Waals surface area contributed by atoms with Crippen molar-refractivity contribution in [2.45, 2.75) is 25.9 Å². The average Bonchev–Trinajstić information content (AvgIpc) is 2.86. The number of hydrogen-bond donors (Lipinski definition) is 1. The van der Waals surface area contributed by atoms with E-state index in [4.69, 9.17) is 0 Å². The Hall–Kier alpha value is -1.92. The number of carbonyl (C=O) groups excluding carboxylic acids is 2. The van der Waals surface area contributed by atoms with E-state index in [-0.39, 0.29) is 11.8 Å². The van der Waals surface area contributed by atoms with Crippen LogP contribution in [0.15, 0.2) is 46.8 Å². The molecular weight excluding hydrogens is 400 g/mol. The van der Waals surface area contributed by atoms with Crippen molar-refractivity contribution in [1.82, 2.24) is 10.2 Å². The second-order valence-corrected chi connectivity index (χ2v) is 8.46. The summed E-state index contributed by atoms with van der Waals surface area (Å²) in [6.45, 7) is 5.28. The van der Waals surface area contributed by atoms with E-state index in [1.54, 1.807) is 11.3 Å². The van der Waals surface area contributed by atoms with Crippen LogP contribution in [-0.4, -0.2) is 23.3 Å². The third-order valence-corrected chi connectivity index (χ3v) is 5.94. The zero-order chi connectivity index (χ0) is 17.8. The number of fused-ring (bicyclic) bond motifs is 1. The van der Waals surface area contributed by atoms with E-state index < -0.39 is 0 Å². The highest BCUT2D eigenvalue weighted by Crippen LogP contribution is 2.31. The quantitative estimate of drug-likeness (QED) is 0.765. The fourth-order valence-corrected chi connectivity index (χ4v) is 4.67. The fraction of sp³-hybridized carbons (Fsp3) is 0.263. The predicted octanol–water partition coefficient (Wildman–Crippen LogP) is 3.90. The van der Waals surface area contributed by atoms with Crippen molar-refractivity contribution in [1.29, 1.82) is 0 Å². The summed E-state index contributed by atoms with van der Waals surface area (Å²) in [5.41, 5.74) is 2.87. The number of benzene rings is 1. The first-order valence-corrected chi connectivity index (χ1v) is 9.73. The zero-order valence-electron chi connectivity index (χ0n) is 13.8. The molecule has 2 amide bonds. The van der Waals surface area contributed by atoms with Crippen LogP contribution in [0.4, 0.5) is 0 Å². The van der Waals surface area contributed by atoms with E-state index in [1.165, 1.54) is 16.5 Å². The molecule has 4 nitrogen and oxygen atoms in total. The number of carbonyl (C=O) groups is 2. The van der Waals surface area contributed by atoms with E-state index >= 15 is 0 Å². The van der Waals surface area contributed by atoms with Gasteiger partial charge in [0.1, 0.15) is 0 Å². The van der Waals surface area contributed by atoms with Gasteiger partial charge in [0.05, 0.1) is 3.79 Å². The number of halogens is 1. The molecule has 2 heterocycles. The van der Waals surface area contributed by atoms with Crippen molar-refractivity contribution in [2.24, 2.45) is 0 Å². The number of nitrogens with zero attached hydrogens (tertiary/aromatic N) is 1. The van der Waals surface area contributed by atoms with Crippen LogP contribution in [0.25, 0.3) is 0 Å². The van der Waals surface area contributed by atoms with Crippen LogP contribution < -0.4 is 5.32 Å². The van der Waals surface area contributed by atoms with E-state index in [1.807, 2.05) is 29.2 Å². The van der Waals surface area contributed by atoms with Gasteiger partial charge in [0.15, 0.2) is 0 Å². The van der Waals surface area contributed by atoms with Crippen LogP contribution in [0.1, 0.15) is 32.8 Å². The molecule has 0 saturated carbocycles. The molecule has 25 heavy (non-hydrogen) atoms. The van der Waals surface area contributed by atoms with Crippen molar-refractivity contribution in [3.05, 3.63) is 68.3 Å². The molecule has 3 rings (SSSR count). The highest BCUT2D eigenvalue weighted by molar-refractivity contribution is 9.11. The lowest BCUT2D eigenvalue weighted by Crippen LogP contribution is -2.30. The maximum Gasteiger partial charge on any atom is 0.254 e. The van der Waals surface area contributed by atoms with Crippen molar-refractivity contribution < 1.29 is 9.59 Å². The Morgan fingerprint density at radius 2 is 2.08 bits per heavy atom. The van der Waals surface area contributed by atoms with Crippen molar-refractivity contribution in [3.8, 4) is 0 Å². The SMILES string of the molecule is C=CC(=O)NCc1ccc(C(=O)N2CCCc3sc(Br)cc3C2)cc1. The molecule has 0 bridgehead atoms. The van der Waals surface area contributed by atoms with Crippen LogP contribution in [0.5, 0.6) is 0 Å². The first-order valence-electron chi connectivity index (χ1n) is 8.12. The molecule has 130 valence electrons. The number of thiophene rings is 1. The second-order valence-electron chi connectivity index (χ2n) is 5.95. The minimum absolute atomic E-state index is 0.0526. The van der Waals surface area contributed by atoms with Gasteiger partial charge in [-0.05, 0) is 64.2 Å². The molecular formula is C19H19BrN2O2S. The van der Waals surface area contributed by atoms with Crippen molar-refractivity contribution in [3.63, 3.8) is 0 Å². The van der Waals surface area contributed by atoms with Crippen LogP contribution in [0, 0.1) is 0 Å². The molecule has 0 spiro atoms. The van der Waals surface area contributed by atoms with Gasteiger partial charge in [-0.25, -0.2) is 0 Å². The molecule has 6 heteroatoms. The maximum absolute atomic E-state index is 12.8. The summed E-state index contributed by atoms with van der Waals surface area (Å²) in [4.78, 5) is 27.3. The Kier molecular flexibility index (Phi) is 5.71. The molecule has 2 aromatic rings. The largest absolute Gasteiger partial charge is 0.348 e. The lowest BCUT2D eigenvalue weighted by Gasteiger charge is -2.20. The van der Waals surface area contributed by atoms with Gasteiger partial charge in [0.2, 0.25) is 5.91 Å². The van der Waals surface area contributed by atoms with Gasteiger partial charge in [-0.2, -0.15) is 0 Å². The summed E-state index contributed by atoms with van der Waals surface area (Å²) in [6.07, 6.45) is 3.25. The van der Waals surface area contributed by atoms with Crippen LogP contribution in [0.3, 0.4) is 0 Å². The summed E-state index contributed by atoms with van der Waals surface area (Å²) in [7, 11) is 0. The monoisotopic (exact) mass is 418 g/mol. The summed E-state index contributed by atoms with van der Waals surface area (Å²) in [6, 6.07) is 9.53. The third kappa shape index (κ3) is 4.38. The molecule has 0 fully saturated rings. The number of rotatable bonds is 4. The van der Waals surface area contributed by atoms with Crippen LogP contribution >= 0.6 is 27.3 Å². The predicted molar refractivity (Wildman–Crippen MR) is 104 cm³/mol. The fourth-order valence-electron chi connectivity index (χ4n) is 2.87. The Labute approximate surface area is 159 Å². The molecule has 0 aliphatic carbocycles. The number of aryl methyl sites for hydroxylation is 1. The Balaban J connectivity index is 1.68. The topological polar surface area (TPSA) is 49.4 Å². The standard InChI is InChI=1S/C19H19BrN2O2S/c1-2-18(23)21-11-13-5-7-14(8-6-13)19(24)22-9-3-4-16-15(12-22)10-17(20)25-16/h2,5-8,10H,1,3-4,9,11-12H2,(H,21,23). The normalized spacial score (nSPS) is 13.7. The Bertz CT molecular complexity index is 798. The number of hydrogen-bond acceptors (Lipinski definition) is 3. The summed E-state index contributed by atoms with van der Waals surface area (Å²) in [5, 5.41) is 2.73. The molecule has 0 atom stereocenters. The molecule has 1 N–H and O–H groups in total. The van der Waals surface area contributed by atoms with Gasteiger partial charge in [-0.1, -0.05) is 18.7 Å². The first kappa shape index (κ1) is 17.9. The number of nitrogens with one attached hydrogen (secondary N) is 1. The van der Waals surface area contributed by atoms with E-state index in [0.717, 1.165) is 28.7 Å². The smallest absolute Gasteiger partial charge is 0.254 e. The first-order chi connectivity index (χ1) is 12.1. The summed E-state index contributed by atoms with van der Waals surface area (Å²) < 4.78 is 1.12. The molecule has 1 aliphatic rings. The van der Waals surface area contributed by atoms with Gasteiger partial charge < -0.3 is 10.2 Å². The average molecular weight is 419 g/mol. The van der Waals surface area contributed by atoms with E-state index in [2.05, 4.69) is 33.9 Å². The Morgan fingerprint density at radius 1 is 1.32 bits per heavy atom. The minimum atomic E-state index is -0.206. The van der Waals surface area contributed by atoms with Crippen LogP contribution in [-0.2, 0) is 24.3 Å². The molecule has 0 unspecified atom stereocenters. The van der Waals surface area contributed by atoms with Gasteiger partial charge in [0.25, 0.3) is 5.91 Å². The molecule has 1 aromatic heterocycles. The van der Waals surface area contributed by atoms with Gasteiger partial charge in [-0.15, -0.1) is 11.3 Å². The number of amides is 2. The lowest BCUT2D eigenvalue weighted by molar-refractivity contribution is -0.116.